The molecule has 0 atom stereocenters. The number of hydrogen-bond donors (Lipinski definition) is 1. The molecule has 1 aromatic carbocycles. The molecule has 2 rings (SSSR count). The largest absolute Gasteiger partial charge is 0.375 e. The van der Waals surface area contributed by atoms with Crippen LogP contribution in [0.3, 0.4) is 0 Å². The Morgan fingerprint density at radius 1 is 0.850 bits per heavy atom. The van der Waals surface area contributed by atoms with Crippen molar-refractivity contribution in [2.75, 3.05) is 5.32 Å². The van der Waals surface area contributed by atoms with Gasteiger partial charge in [0.15, 0.2) is 0 Å². The van der Waals surface area contributed by atoms with Crippen LogP contribution in [0.25, 0.3) is 0 Å². The van der Waals surface area contributed by atoms with Gasteiger partial charge in [-0.15, -0.1) is 0 Å². The maximum Gasteiger partial charge on any atom is 0.0742 e. The van der Waals surface area contributed by atoms with Gasteiger partial charge in [0.2, 0.25) is 0 Å². The highest BCUT2D eigenvalue weighted by atomic mass is 15.0. The Bertz CT molecular complexity index is 613. The molecular formula is C18H24N2. The normalized spacial score (nSPS) is 11.5. The predicted molar refractivity (Wildman–Crippen MR) is 86.3 cm³/mol. The Kier molecular flexibility index (Phi) is 3.85. The number of aryl methyl sites for hydroxylation is 1. The second kappa shape index (κ2) is 5.28. The molecule has 0 aliphatic rings. The summed E-state index contributed by atoms with van der Waals surface area (Å²) in [6.45, 7) is 12.9. The first-order valence-corrected chi connectivity index (χ1v) is 7.11. The molecule has 0 fully saturated rings. The third kappa shape index (κ3) is 2.69. The number of hydrogen-bond acceptors (Lipinski definition) is 2. The molecule has 1 heterocycles. The third-order valence-corrected chi connectivity index (χ3v) is 4.13. The minimum absolute atomic E-state index is 0.200. The fraction of sp³-hybridized carbons (Fsp3) is 0.389. The van der Waals surface area contributed by atoms with Gasteiger partial charge in [0.05, 0.1) is 11.2 Å². The summed E-state index contributed by atoms with van der Waals surface area (Å²) in [5.41, 5.74) is 7.08. The van der Waals surface area contributed by atoms with Crippen LogP contribution in [0.2, 0.25) is 0 Å². The molecule has 0 radical (unpaired) electrons. The van der Waals surface area contributed by atoms with Crippen molar-refractivity contribution in [3.63, 3.8) is 0 Å². The predicted octanol–water partition coefficient (Wildman–Crippen LogP) is 4.66. The van der Waals surface area contributed by atoms with Crippen molar-refractivity contribution in [2.45, 2.75) is 47.1 Å². The molecule has 0 unspecified atom stereocenters. The summed E-state index contributed by atoms with van der Waals surface area (Å²) >= 11 is 0. The molecule has 2 aromatic rings. The number of nitrogens with one attached hydrogen (secondary N) is 1. The Morgan fingerprint density at radius 3 is 2.05 bits per heavy atom. The Labute approximate surface area is 122 Å². The second-order valence-corrected chi connectivity index (χ2v) is 6.04. The number of rotatable bonds is 3. The number of pyridine rings is 1. The summed E-state index contributed by atoms with van der Waals surface area (Å²) in [4.78, 5) is 4.84. The highest BCUT2D eigenvalue weighted by molar-refractivity contribution is 5.49. The van der Waals surface area contributed by atoms with E-state index in [-0.39, 0.29) is 5.54 Å². The highest BCUT2D eigenvalue weighted by Crippen LogP contribution is 2.29. The van der Waals surface area contributed by atoms with Gasteiger partial charge in [0.1, 0.15) is 0 Å². The van der Waals surface area contributed by atoms with E-state index in [9.17, 15) is 0 Å². The van der Waals surface area contributed by atoms with Crippen LogP contribution in [0.1, 0.15) is 41.9 Å². The van der Waals surface area contributed by atoms with Crippen molar-refractivity contribution in [3.8, 4) is 0 Å². The fourth-order valence-electron chi connectivity index (χ4n) is 2.62. The first kappa shape index (κ1) is 14.6. The molecule has 2 nitrogen and oxygen atoms in total. The summed E-state index contributed by atoms with van der Waals surface area (Å²) in [5, 5.41) is 3.59. The molecule has 0 aliphatic carbocycles. The van der Waals surface area contributed by atoms with Crippen LogP contribution in [-0.4, -0.2) is 4.98 Å². The summed E-state index contributed by atoms with van der Waals surface area (Å²) < 4.78 is 0. The van der Waals surface area contributed by atoms with Gasteiger partial charge in [0, 0.05) is 11.4 Å². The summed E-state index contributed by atoms with van der Waals surface area (Å²) in [6, 6.07) is 10.3. The fourth-order valence-corrected chi connectivity index (χ4v) is 2.62. The Hall–Kier alpha value is -1.83. The smallest absolute Gasteiger partial charge is 0.0742 e. The third-order valence-electron chi connectivity index (χ3n) is 4.13. The maximum atomic E-state index is 4.84. The van der Waals surface area contributed by atoms with Gasteiger partial charge in [-0.3, -0.25) is 4.98 Å². The quantitative estimate of drug-likeness (QED) is 0.875. The van der Waals surface area contributed by atoms with Crippen molar-refractivity contribution in [3.05, 3.63) is 58.4 Å². The van der Waals surface area contributed by atoms with E-state index >= 15 is 0 Å². The van der Waals surface area contributed by atoms with Gasteiger partial charge in [-0.1, -0.05) is 18.2 Å². The van der Waals surface area contributed by atoms with E-state index in [4.69, 9.17) is 4.98 Å². The minimum atomic E-state index is -0.200. The number of benzene rings is 1. The molecular weight excluding hydrogens is 244 g/mol. The van der Waals surface area contributed by atoms with Crippen molar-refractivity contribution in [1.29, 1.82) is 0 Å². The van der Waals surface area contributed by atoms with Crippen molar-refractivity contribution < 1.29 is 0 Å². The molecule has 1 N–H and O–H groups in total. The lowest BCUT2D eigenvalue weighted by Crippen LogP contribution is -2.31. The number of para-hydroxylation sites is 1. The SMILES string of the molecule is Cc1nc(C(C)(C)Nc2ccccc2)c(C)c(C)c1C. The molecule has 1 aromatic heterocycles. The van der Waals surface area contributed by atoms with Gasteiger partial charge < -0.3 is 5.32 Å². The van der Waals surface area contributed by atoms with E-state index in [1.165, 1.54) is 16.7 Å². The van der Waals surface area contributed by atoms with Crippen LogP contribution in [0.5, 0.6) is 0 Å². The van der Waals surface area contributed by atoms with E-state index < -0.39 is 0 Å². The molecule has 0 saturated carbocycles. The molecule has 2 heteroatoms. The van der Waals surface area contributed by atoms with Crippen LogP contribution in [0.15, 0.2) is 30.3 Å². The molecule has 0 aliphatic heterocycles. The van der Waals surface area contributed by atoms with Crippen LogP contribution in [-0.2, 0) is 5.54 Å². The van der Waals surface area contributed by atoms with Crippen molar-refractivity contribution >= 4 is 5.69 Å². The number of anilines is 1. The van der Waals surface area contributed by atoms with E-state index in [0.29, 0.717) is 0 Å². The topological polar surface area (TPSA) is 24.9 Å². The van der Waals surface area contributed by atoms with E-state index in [0.717, 1.165) is 17.1 Å². The van der Waals surface area contributed by atoms with Gasteiger partial charge >= 0.3 is 0 Å². The minimum Gasteiger partial charge on any atom is -0.375 e. The zero-order chi connectivity index (χ0) is 14.9. The molecule has 106 valence electrons. The first-order valence-electron chi connectivity index (χ1n) is 7.11. The van der Waals surface area contributed by atoms with E-state index in [1.807, 2.05) is 18.2 Å². The average Bonchev–Trinajstić information content (AvgIpc) is 2.41. The van der Waals surface area contributed by atoms with E-state index in [1.54, 1.807) is 0 Å². The average molecular weight is 268 g/mol. The summed E-state index contributed by atoms with van der Waals surface area (Å²) in [6.07, 6.45) is 0. The van der Waals surface area contributed by atoms with Gasteiger partial charge in [-0.2, -0.15) is 0 Å². The molecule has 0 bridgehead atoms. The molecule has 0 saturated heterocycles. The first-order chi connectivity index (χ1) is 9.33. The van der Waals surface area contributed by atoms with Crippen LogP contribution >= 0.6 is 0 Å². The zero-order valence-electron chi connectivity index (χ0n) is 13.3. The Morgan fingerprint density at radius 2 is 1.45 bits per heavy atom. The Balaban J connectivity index is 2.44. The maximum absolute atomic E-state index is 4.84. The number of aromatic nitrogens is 1. The zero-order valence-corrected chi connectivity index (χ0v) is 13.3. The van der Waals surface area contributed by atoms with Crippen LogP contribution in [0.4, 0.5) is 5.69 Å². The number of nitrogens with zero attached hydrogens (tertiary/aromatic N) is 1. The lowest BCUT2D eigenvalue weighted by atomic mass is 9.91. The molecule has 0 spiro atoms. The summed E-state index contributed by atoms with van der Waals surface area (Å²) in [5.74, 6) is 0. The van der Waals surface area contributed by atoms with Crippen molar-refractivity contribution in [1.82, 2.24) is 4.98 Å². The van der Waals surface area contributed by atoms with Crippen LogP contribution < -0.4 is 5.32 Å². The van der Waals surface area contributed by atoms with Crippen molar-refractivity contribution in [2.24, 2.45) is 0 Å². The highest BCUT2D eigenvalue weighted by Gasteiger charge is 2.25. The van der Waals surface area contributed by atoms with Crippen LogP contribution in [0, 0.1) is 27.7 Å². The molecule has 20 heavy (non-hydrogen) atoms. The van der Waals surface area contributed by atoms with Gasteiger partial charge in [-0.25, -0.2) is 0 Å². The summed E-state index contributed by atoms with van der Waals surface area (Å²) in [7, 11) is 0. The second-order valence-electron chi connectivity index (χ2n) is 6.04. The monoisotopic (exact) mass is 268 g/mol. The van der Waals surface area contributed by atoms with Gasteiger partial charge in [-0.05, 0) is 70.4 Å². The van der Waals surface area contributed by atoms with Gasteiger partial charge in [0.25, 0.3) is 0 Å². The lowest BCUT2D eigenvalue weighted by molar-refractivity contribution is 0.578. The van der Waals surface area contributed by atoms with E-state index in [2.05, 4.69) is 59.0 Å². The lowest BCUT2D eigenvalue weighted by Gasteiger charge is -2.30. The standard InChI is InChI=1S/C18H24N2/c1-12-13(2)15(4)19-17(14(12)3)18(5,6)20-16-10-8-7-9-11-16/h7-11,20H,1-6H3. The molecule has 0 amide bonds.